The molecule has 2 heterocycles. The van der Waals surface area contributed by atoms with Crippen LogP contribution in [0.15, 0.2) is 71.5 Å². The van der Waals surface area contributed by atoms with Crippen molar-refractivity contribution < 1.29 is 9.32 Å². The molecule has 2 aromatic carbocycles. The van der Waals surface area contributed by atoms with Crippen molar-refractivity contribution in [1.29, 1.82) is 0 Å². The number of aryl methyl sites for hydroxylation is 1. The number of hydrogen-bond acceptors (Lipinski definition) is 3. The maximum atomic E-state index is 12.2. The first kappa shape index (κ1) is 17.1. The highest BCUT2D eigenvalue weighted by Crippen LogP contribution is 2.24. The maximum absolute atomic E-state index is 12.2. The molecule has 4 rings (SSSR count). The molecule has 2 aromatic heterocycles. The highest BCUT2D eigenvalue weighted by Gasteiger charge is 2.12. The van der Waals surface area contributed by atoms with Crippen LogP contribution in [0.3, 0.4) is 0 Å². The van der Waals surface area contributed by atoms with Crippen molar-refractivity contribution in [2.75, 3.05) is 6.54 Å². The minimum absolute atomic E-state index is 0.0371. The van der Waals surface area contributed by atoms with Gasteiger partial charge in [0.05, 0.1) is 6.20 Å². The fourth-order valence-electron chi connectivity index (χ4n) is 3.28. The fraction of sp³-hybridized carbons (Fsp3) is 0.182. The number of para-hydroxylation sites is 1. The number of benzene rings is 2. The molecule has 0 unspecified atom stereocenters. The first-order valence-corrected chi connectivity index (χ1v) is 9.12. The van der Waals surface area contributed by atoms with Crippen molar-refractivity contribution in [3.8, 4) is 11.3 Å². The summed E-state index contributed by atoms with van der Waals surface area (Å²) in [4.78, 5) is 15.5. The van der Waals surface area contributed by atoms with Crippen LogP contribution >= 0.6 is 0 Å². The molecule has 1 amide bonds. The number of carbonyl (C=O) groups is 1. The third-order valence-corrected chi connectivity index (χ3v) is 4.69. The topological polar surface area (TPSA) is 70.9 Å². The smallest absolute Gasteiger partial charge is 0.220 e. The summed E-state index contributed by atoms with van der Waals surface area (Å²) in [5, 5.41) is 8.11. The molecule has 0 saturated carbocycles. The van der Waals surface area contributed by atoms with Crippen molar-refractivity contribution in [3.05, 3.63) is 78.1 Å². The van der Waals surface area contributed by atoms with E-state index >= 15 is 0 Å². The van der Waals surface area contributed by atoms with Crippen molar-refractivity contribution >= 4 is 16.8 Å². The Labute approximate surface area is 157 Å². The van der Waals surface area contributed by atoms with Gasteiger partial charge in [-0.15, -0.1) is 0 Å². The molecule has 0 radical (unpaired) electrons. The molecular weight excluding hydrogens is 338 g/mol. The standard InChI is InChI=1S/C22H21N3O2/c26-21(23-13-12-17-14-24-20-9-5-4-8-19(17)20)11-10-18-15-25-27-22(18)16-6-2-1-3-7-16/h1-9,14-15,24H,10-13H2,(H,23,26). The van der Waals surface area contributed by atoms with E-state index < -0.39 is 0 Å². The highest BCUT2D eigenvalue weighted by atomic mass is 16.5. The van der Waals surface area contributed by atoms with Gasteiger partial charge in [0.15, 0.2) is 5.76 Å². The van der Waals surface area contributed by atoms with E-state index in [-0.39, 0.29) is 5.91 Å². The third kappa shape index (κ3) is 3.92. The lowest BCUT2D eigenvalue weighted by Crippen LogP contribution is -2.25. The number of carbonyl (C=O) groups excluding carboxylic acids is 1. The number of H-pyrrole nitrogens is 1. The zero-order valence-corrected chi connectivity index (χ0v) is 14.9. The van der Waals surface area contributed by atoms with Gasteiger partial charge in [0.2, 0.25) is 5.91 Å². The number of hydrogen-bond donors (Lipinski definition) is 2. The lowest BCUT2D eigenvalue weighted by Gasteiger charge is -2.05. The van der Waals surface area contributed by atoms with Crippen LogP contribution in [0.2, 0.25) is 0 Å². The summed E-state index contributed by atoms with van der Waals surface area (Å²) in [6.07, 6.45) is 5.53. The molecule has 0 atom stereocenters. The molecule has 0 aliphatic carbocycles. The predicted molar refractivity (Wildman–Crippen MR) is 105 cm³/mol. The number of amides is 1. The van der Waals surface area contributed by atoms with Crippen molar-refractivity contribution in [2.24, 2.45) is 0 Å². The lowest BCUT2D eigenvalue weighted by molar-refractivity contribution is -0.121. The number of aromatic nitrogens is 2. The van der Waals surface area contributed by atoms with Gasteiger partial charge >= 0.3 is 0 Å². The van der Waals surface area contributed by atoms with E-state index in [2.05, 4.69) is 27.6 Å². The van der Waals surface area contributed by atoms with Crippen LogP contribution in [0.1, 0.15) is 17.5 Å². The Morgan fingerprint density at radius 3 is 2.70 bits per heavy atom. The Hall–Kier alpha value is -3.34. The van der Waals surface area contributed by atoms with Gasteiger partial charge in [-0.2, -0.15) is 0 Å². The normalized spacial score (nSPS) is 11.0. The molecule has 0 spiro atoms. The predicted octanol–water partition coefficient (Wildman–Crippen LogP) is 4.11. The molecule has 27 heavy (non-hydrogen) atoms. The summed E-state index contributed by atoms with van der Waals surface area (Å²) in [7, 11) is 0. The number of rotatable bonds is 7. The summed E-state index contributed by atoms with van der Waals surface area (Å²) in [6.45, 7) is 0.621. The van der Waals surface area contributed by atoms with Crippen LogP contribution in [-0.2, 0) is 17.6 Å². The van der Waals surface area contributed by atoms with Gasteiger partial charge in [-0.3, -0.25) is 4.79 Å². The summed E-state index contributed by atoms with van der Waals surface area (Å²) < 4.78 is 5.37. The molecule has 0 fully saturated rings. The first-order valence-electron chi connectivity index (χ1n) is 9.12. The Morgan fingerprint density at radius 1 is 1.00 bits per heavy atom. The number of nitrogens with one attached hydrogen (secondary N) is 2. The minimum Gasteiger partial charge on any atom is -0.361 e. The second-order valence-corrected chi connectivity index (χ2v) is 6.51. The van der Waals surface area contributed by atoms with Crippen LogP contribution in [0, 0.1) is 0 Å². The Morgan fingerprint density at radius 2 is 1.81 bits per heavy atom. The highest BCUT2D eigenvalue weighted by molar-refractivity contribution is 5.83. The SMILES string of the molecule is O=C(CCc1cnoc1-c1ccccc1)NCCc1c[nH]c2ccccc12. The maximum Gasteiger partial charge on any atom is 0.220 e. The van der Waals surface area contributed by atoms with Gasteiger partial charge in [0, 0.05) is 41.2 Å². The van der Waals surface area contributed by atoms with Gasteiger partial charge in [0.25, 0.3) is 0 Å². The van der Waals surface area contributed by atoms with Crippen molar-refractivity contribution in [1.82, 2.24) is 15.5 Å². The molecule has 0 aliphatic heterocycles. The van der Waals surface area contributed by atoms with Crippen molar-refractivity contribution in [3.63, 3.8) is 0 Å². The second kappa shape index (κ2) is 7.91. The second-order valence-electron chi connectivity index (χ2n) is 6.51. The van der Waals surface area contributed by atoms with E-state index in [1.54, 1.807) is 6.20 Å². The number of nitrogens with zero attached hydrogens (tertiary/aromatic N) is 1. The van der Waals surface area contributed by atoms with Crippen LogP contribution in [0.5, 0.6) is 0 Å². The monoisotopic (exact) mass is 359 g/mol. The fourth-order valence-corrected chi connectivity index (χ4v) is 3.28. The molecule has 0 saturated heterocycles. The molecular formula is C22H21N3O2. The van der Waals surface area contributed by atoms with Crippen molar-refractivity contribution in [2.45, 2.75) is 19.3 Å². The lowest BCUT2D eigenvalue weighted by atomic mass is 10.1. The van der Waals surface area contributed by atoms with Crippen LogP contribution < -0.4 is 5.32 Å². The third-order valence-electron chi connectivity index (χ3n) is 4.69. The summed E-state index contributed by atoms with van der Waals surface area (Å²) in [6, 6.07) is 18.0. The van der Waals surface area contributed by atoms with E-state index in [0.29, 0.717) is 19.4 Å². The zero-order valence-electron chi connectivity index (χ0n) is 14.9. The van der Waals surface area contributed by atoms with E-state index in [0.717, 1.165) is 28.8 Å². The quantitative estimate of drug-likeness (QED) is 0.521. The number of fused-ring (bicyclic) bond motifs is 1. The molecule has 5 heteroatoms. The molecule has 5 nitrogen and oxygen atoms in total. The average molecular weight is 359 g/mol. The van der Waals surface area contributed by atoms with Gasteiger partial charge in [-0.1, -0.05) is 53.7 Å². The Balaban J connectivity index is 1.29. The van der Waals surface area contributed by atoms with E-state index in [4.69, 9.17) is 4.52 Å². The first-order chi connectivity index (χ1) is 13.3. The van der Waals surface area contributed by atoms with Gasteiger partial charge in [-0.25, -0.2) is 0 Å². The molecule has 2 N–H and O–H groups in total. The summed E-state index contributed by atoms with van der Waals surface area (Å²) in [5.74, 6) is 0.775. The Kier molecular flexibility index (Phi) is 5.01. The van der Waals surface area contributed by atoms with Gasteiger partial charge < -0.3 is 14.8 Å². The minimum atomic E-state index is 0.0371. The summed E-state index contributed by atoms with van der Waals surface area (Å²) >= 11 is 0. The average Bonchev–Trinajstić information content (AvgIpc) is 3.34. The Bertz CT molecular complexity index is 1030. The summed E-state index contributed by atoms with van der Waals surface area (Å²) in [5.41, 5.74) is 4.27. The largest absolute Gasteiger partial charge is 0.361 e. The molecule has 0 bridgehead atoms. The van der Waals surface area contributed by atoms with E-state index in [1.165, 1.54) is 10.9 Å². The zero-order chi connectivity index (χ0) is 18.5. The molecule has 0 aliphatic rings. The number of aromatic amines is 1. The van der Waals surface area contributed by atoms with Crippen LogP contribution in [-0.4, -0.2) is 22.6 Å². The van der Waals surface area contributed by atoms with Crippen LogP contribution in [0.25, 0.3) is 22.2 Å². The van der Waals surface area contributed by atoms with Gasteiger partial charge in [-0.05, 0) is 24.5 Å². The molecule has 4 aromatic rings. The molecule has 136 valence electrons. The van der Waals surface area contributed by atoms with E-state index in [1.807, 2.05) is 48.7 Å². The van der Waals surface area contributed by atoms with E-state index in [9.17, 15) is 4.79 Å². The van der Waals surface area contributed by atoms with Crippen LogP contribution in [0.4, 0.5) is 0 Å². The van der Waals surface area contributed by atoms with Gasteiger partial charge in [0.1, 0.15) is 0 Å².